The van der Waals surface area contributed by atoms with Gasteiger partial charge in [0, 0.05) is 31.7 Å². The number of anilines is 1. The topological polar surface area (TPSA) is 71.1 Å². The molecule has 130 valence electrons. The number of benzene rings is 2. The molecule has 0 N–H and O–H groups in total. The molecule has 0 saturated carbocycles. The smallest absolute Gasteiger partial charge is 0.176 e. The van der Waals surface area contributed by atoms with E-state index >= 15 is 0 Å². The quantitative estimate of drug-likeness (QED) is 0.779. The van der Waals surface area contributed by atoms with Gasteiger partial charge in [-0.25, -0.2) is 0 Å². The van der Waals surface area contributed by atoms with Gasteiger partial charge in [0.15, 0.2) is 5.78 Å². The van der Waals surface area contributed by atoms with E-state index in [1.54, 1.807) is 36.4 Å². The largest absolute Gasteiger partial charge is 0.368 e. The number of carbonyl (C=O) groups is 1. The summed E-state index contributed by atoms with van der Waals surface area (Å²) in [6.45, 7) is 3.43. The Morgan fingerprint density at radius 2 is 1.58 bits per heavy atom. The number of Topliss-reactive ketones (excluding diaryl/α,β-unsaturated/α-hetero) is 1. The molecule has 5 nitrogen and oxygen atoms in total. The number of rotatable bonds is 4. The second-order valence-corrected chi connectivity index (χ2v) is 6.56. The van der Waals surface area contributed by atoms with Gasteiger partial charge in [0.1, 0.15) is 0 Å². The number of hydrogen-bond acceptors (Lipinski definition) is 5. The van der Waals surface area contributed by atoms with Gasteiger partial charge in [-0.3, -0.25) is 9.69 Å². The van der Waals surface area contributed by atoms with Crippen LogP contribution in [0.5, 0.6) is 0 Å². The SMILES string of the molecule is N#Cc1ccc(C(=O)CN2CCN(c3ccc(C#N)cc3Cl)CC2)cc1. The van der Waals surface area contributed by atoms with Gasteiger partial charge >= 0.3 is 0 Å². The molecule has 6 heteroatoms. The summed E-state index contributed by atoms with van der Waals surface area (Å²) in [5.74, 6) is 0.0549. The Labute approximate surface area is 157 Å². The zero-order chi connectivity index (χ0) is 18.5. The van der Waals surface area contributed by atoms with Gasteiger partial charge < -0.3 is 4.90 Å². The van der Waals surface area contributed by atoms with Crippen molar-refractivity contribution in [3.05, 3.63) is 64.2 Å². The Morgan fingerprint density at radius 3 is 2.15 bits per heavy atom. The van der Waals surface area contributed by atoms with E-state index in [1.807, 2.05) is 6.07 Å². The fourth-order valence-corrected chi connectivity index (χ4v) is 3.30. The summed E-state index contributed by atoms with van der Waals surface area (Å²) in [5, 5.41) is 18.3. The predicted molar refractivity (Wildman–Crippen MR) is 100 cm³/mol. The molecule has 1 fully saturated rings. The Morgan fingerprint density at radius 1 is 0.962 bits per heavy atom. The molecule has 1 aliphatic rings. The van der Waals surface area contributed by atoms with E-state index in [-0.39, 0.29) is 5.78 Å². The molecule has 0 aromatic heterocycles. The van der Waals surface area contributed by atoms with E-state index in [4.69, 9.17) is 22.1 Å². The monoisotopic (exact) mass is 364 g/mol. The summed E-state index contributed by atoms with van der Waals surface area (Å²) in [7, 11) is 0. The number of ketones is 1. The Hall–Kier alpha value is -2.86. The van der Waals surface area contributed by atoms with E-state index in [0.717, 1.165) is 31.9 Å². The zero-order valence-electron chi connectivity index (χ0n) is 14.2. The second kappa shape index (κ2) is 8.01. The minimum Gasteiger partial charge on any atom is -0.368 e. The van der Waals surface area contributed by atoms with Gasteiger partial charge in [0.2, 0.25) is 0 Å². The van der Waals surface area contributed by atoms with Crippen molar-refractivity contribution in [3.8, 4) is 12.1 Å². The van der Waals surface area contributed by atoms with Crippen LogP contribution in [0, 0.1) is 22.7 Å². The van der Waals surface area contributed by atoms with Crippen molar-refractivity contribution in [3.63, 3.8) is 0 Å². The highest BCUT2D eigenvalue weighted by atomic mass is 35.5. The van der Waals surface area contributed by atoms with E-state index < -0.39 is 0 Å². The molecular weight excluding hydrogens is 348 g/mol. The first-order valence-electron chi connectivity index (χ1n) is 8.31. The molecule has 2 aromatic rings. The number of nitriles is 2. The maximum Gasteiger partial charge on any atom is 0.176 e. The van der Waals surface area contributed by atoms with E-state index in [1.165, 1.54) is 0 Å². The summed E-state index contributed by atoms with van der Waals surface area (Å²) in [6, 6.07) is 16.2. The molecule has 0 amide bonds. The van der Waals surface area contributed by atoms with Gasteiger partial charge in [-0.1, -0.05) is 23.7 Å². The van der Waals surface area contributed by atoms with Crippen LogP contribution in [0.15, 0.2) is 42.5 Å². The highest BCUT2D eigenvalue weighted by molar-refractivity contribution is 6.33. The first-order chi connectivity index (χ1) is 12.6. The lowest BCUT2D eigenvalue weighted by atomic mass is 10.1. The highest BCUT2D eigenvalue weighted by Crippen LogP contribution is 2.27. The first-order valence-corrected chi connectivity index (χ1v) is 8.69. The summed E-state index contributed by atoms with van der Waals surface area (Å²) in [6.07, 6.45) is 0. The zero-order valence-corrected chi connectivity index (χ0v) is 14.9. The van der Waals surface area contributed by atoms with Crippen molar-refractivity contribution in [1.82, 2.24) is 4.90 Å². The van der Waals surface area contributed by atoms with Crippen molar-refractivity contribution < 1.29 is 4.79 Å². The lowest BCUT2D eigenvalue weighted by Crippen LogP contribution is -2.48. The molecule has 26 heavy (non-hydrogen) atoms. The van der Waals surface area contributed by atoms with Crippen molar-refractivity contribution >= 4 is 23.1 Å². The van der Waals surface area contributed by atoms with Crippen LogP contribution in [-0.4, -0.2) is 43.4 Å². The van der Waals surface area contributed by atoms with Gasteiger partial charge in [-0.15, -0.1) is 0 Å². The van der Waals surface area contributed by atoms with E-state index in [9.17, 15) is 4.79 Å². The van der Waals surface area contributed by atoms with Crippen molar-refractivity contribution in [1.29, 1.82) is 10.5 Å². The van der Waals surface area contributed by atoms with Crippen LogP contribution in [0.1, 0.15) is 21.5 Å². The average molecular weight is 365 g/mol. The van der Waals surface area contributed by atoms with Crippen molar-refractivity contribution in [2.45, 2.75) is 0 Å². The molecule has 1 heterocycles. The van der Waals surface area contributed by atoms with Gasteiger partial charge in [0.25, 0.3) is 0 Å². The molecule has 0 atom stereocenters. The summed E-state index contributed by atoms with van der Waals surface area (Å²) >= 11 is 6.28. The molecule has 0 spiro atoms. The third-order valence-corrected chi connectivity index (χ3v) is 4.80. The normalized spacial score (nSPS) is 14.5. The lowest BCUT2D eigenvalue weighted by molar-refractivity contribution is 0.0926. The minimum absolute atomic E-state index is 0.0549. The van der Waals surface area contributed by atoms with Crippen LogP contribution in [0.3, 0.4) is 0 Å². The van der Waals surface area contributed by atoms with Crippen molar-refractivity contribution in [2.24, 2.45) is 0 Å². The fraction of sp³-hybridized carbons (Fsp3) is 0.250. The number of nitrogens with zero attached hydrogens (tertiary/aromatic N) is 4. The molecule has 0 aliphatic carbocycles. The predicted octanol–water partition coefficient (Wildman–Crippen LogP) is 3.09. The standard InChI is InChI=1S/C20H17ClN4O/c21-18-11-16(13-23)3-6-19(18)25-9-7-24(8-10-25)14-20(26)17-4-1-15(12-22)2-5-17/h1-6,11H,7-10,14H2. The highest BCUT2D eigenvalue weighted by Gasteiger charge is 2.21. The Bertz CT molecular complexity index is 888. The van der Waals surface area contributed by atoms with Gasteiger partial charge in [0.05, 0.1) is 40.5 Å². The molecule has 1 saturated heterocycles. The van der Waals surface area contributed by atoms with Crippen LogP contribution in [0.4, 0.5) is 5.69 Å². The molecule has 0 bridgehead atoms. The minimum atomic E-state index is 0.0549. The van der Waals surface area contributed by atoms with Crippen molar-refractivity contribution in [2.75, 3.05) is 37.6 Å². The molecule has 3 rings (SSSR count). The van der Waals surface area contributed by atoms with E-state index in [2.05, 4.69) is 21.9 Å². The maximum absolute atomic E-state index is 12.4. The summed E-state index contributed by atoms with van der Waals surface area (Å²) < 4.78 is 0. The average Bonchev–Trinajstić information content (AvgIpc) is 2.68. The third kappa shape index (κ3) is 4.03. The molecule has 0 radical (unpaired) electrons. The Balaban J connectivity index is 1.57. The van der Waals surface area contributed by atoms with Gasteiger partial charge in [-0.2, -0.15) is 10.5 Å². The second-order valence-electron chi connectivity index (χ2n) is 6.15. The first kappa shape index (κ1) is 17.9. The molecule has 2 aromatic carbocycles. The maximum atomic E-state index is 12.4. The third-order valence-electron chi connectivity index (χ3n) is 4.49. The fourth-order valence-electron chi connectivity index (χ4n) is 3.00. The number of carbonyl (C=O) groups excluding carboxylic acids is 1. The number of piperazine rings is 1. The molecular formula is C20H17ClN4O. The van der Waals surface area contributed by atoms with Crippen LogP contribution < -0.4 is 4.90 Å². The van der Waals surface area contributed by atoms with Crippen LogP contribution in [0.2, 0.25) is 5.02 Å². The van der Waals surface area contributed by atoms with Crippen LogP contribution in [0.25, 0.3) is 0 Å². The van der Waals surface area contributed by atoms with E-state index in [0.29, 0.717) is 28.3 Å². The summed E-state index contributed by atoms with van der Waals surface area (Å²) in [5.41, 5.74) is 2.64. The molecule has 1 aliphatic heterocycles. The van der Waals surface area contributed by atoms with Gasteiger partial charge in [-0.05, 0) is 30.3 Å². The number of hydrogen-bond donors (Lipinski definition) is 0. The van der Waals surface area contributed by atoms with Crippen LogP contribution in [-0.2, 0) is 0 Å². The number of halogens is 1. The summed E-state index contributed by atoms with van der Waals surface area (Å²) in [4.78, 5) is 16.7. The van der Waals surface area contributed by atoms with Crippen LogP contribution >= 0.6 is 11.6 Å². The lowest BCUT2D eigenvalue weighted by Gasteiger charge is -2.36. The Kier molecular flexibility index (Phi) is 5.53. The molecule has 0 unspecified atom stereocenters.